The average Bonchev–Trinajstić information content (AvgIpc) is 2.76. The molecular formula is C20H24N8O5. The van der Waals surface area contributed by atoms with Crippen LogP contribution in [0.3, 0.4) is 0 Å². The van der Waals surface area contributed by atoms with Crippen LogP contribution in [0.1, 0.15) is 25.0 Å². The fourth-order valence-electron chi connectivity index (χ4n) is 3.30. The SMILES string of the molecule is CN(Cc1cnc2nc(N)nc(N)c2n1)[13CH]1[13CH]=[13CH][13C](C(=O)N[13C@@H]([13CH2][13CH2][13C](=O)O)[13C](=O)O)=[13CH][13CH2]1. The van der Waals surface area contributed by atoms with Crippen LogP contribution in [0.15, 0.2) is 30.0 Å². The Morgan fingerprint density at radius 1 is 1.24 bits per heavy atom. The van der Waals surface area contributed by atoms with Crippen LogP contribution in [0.5, 0.6) is 0 Å². The van der Waals surface area contributed by atoms with E-state index in [1.807, 2.05) is 18.0 Å². The zero-order valence-electron chi connectivity index (χ0n) is 17.8. The van der Waals surface area contributed by atoms with Crippen molar-refractivity contribution in [3.05, 3.63) is 35.7 Å². The number of amides is 1. The van der Waals surface area contributed by atoms with Crippen molar-refractivity contribution in [1.82, 2.24) is 30.2 Å². The van der Waals surface area contributed by atoms with Gasteiger partial charge in [-0.15, -0.1) is 0 Å². The predicted molar refractivity (Wildman–Crippen MR) is 117 cm³/mol. The number of anilines is 2. The number of nitrogens with two attached hydrogens (primary N) is 2. The van der Waals surface area contributed by atoms with Gasteiger partial charge in [0.1, 0.15) is 6.04 Å². The first kappa shape index (κ1) is 23.5. The molecule has 13 nitrogen and oxygen atoms in total. The lowest BCUT2D eigenvalue weighted by Gasteiger charge is -2.26. The number of hydrogen-bond donors (Lipinski definition) is 5. The molecule has 1 unspecified atom stereocenters. The standard InChI is InChI=1S/C20H24N8O5/c1-28(9-11-8-23-17-15(24-11)16(21)26-20(22)27-17)12-4-2-10(3-5-12)18(31)25-13(19(32)33)6-7-14(29)30/h2-4,8,12-13H,5-7,9H2,1H3,(H,25,31)(H,29,30)(H,32,33)(H4,21,22,23,26,27)/t12?,13-/m0/s1/i2+1,3+1,4+1,5+1,6+1,7+1,10+1,12+1,13+1,14+1,19+1. The smallest absolute Gasteiger partial charge is 0.326 e. The second-order valence-electron chi connectivity index (χ2n) is 7.53. The number of carbonyl (C=O) groups excluding carboxylic acids is 1. The highest BCUT2D eigenvalue weighted by Gasteiger charge is 2.24. The van der Waals surface area contributed by atoms with Gasteiger partial charge >= 0.3 is 11.9 Å². The summed E-state index contributed by atoms with van der Waals surface area (Å²) in [6.07, 6.45) is 6.66. The number of nitrogen functional groups attached to an aromatic ring is 2. The summed E-state index contributed by atoms with van der Waals surface area (Å²) >= 11 is 0. The third-order valence-electron chi connectivity index (χ3n) is 5.07. The lowest BCUT2D eigenvalue weighted by atomic mass is 10.4. The van der Waals surface area contributed by atoms with E-state index in [4.69, 9.17) is 16.6 Å². The zero-order chi connectivity index (χ0) is 24.1. The fourth-order valence-corrected chi connectivity index (χ4v) is 3.30. The maximum Gasteiger partial charge on any atom is 0.326 e. The summed E-state index contributed by atoms with van der Waals surface area (Å²) in [5, 5.41) is 20.3. The number of likely N-dealkylation sites (N-methyl/N-ethyl adjacent to an activating group) is 1. The molecule has 2 aromatic heterocycles. The monoisotopic (exact) mass is 467 g/mol. The number of carboxylic acids is 2. The third-order valence-corrected chi connectivity index (χ3v) is 5.07. The van der Waals surface area contributed by atoms with E-state index in [2.05, 4.69) is 25.3 Å². The number of nitrogens with zero attached hydrogens (tertiary/aromatic N) is 5. The van der Waals surface area contributed by atoms with Gasteiger partial charge in [0.05, 0.1) is 11.9 Å². The molecule has 0 aliphatic heterocycles. The van der Waals surface area contributed by atoms with Crippen molar-refractivity contribution >= 4 is 40.8 Å². The summed E-state index contributed by atoms with van der Waals surface area (Å²) in [6.45, 7) is 0.438. The fraction of sp³-hybridized carbons (Fsp3) is 0.350. The quantitative estimate of drug-likeness (QED) is 0.301. The van der Waals surface area contributed by atoms with Gasteiger partial charge in [-0.05, 0) is 19.9 Å². The van der Waals surface area contributed by atoms with Crippen molar-refractivity contribution in [2.45, 2.75) is 37.9 Å². The van der Waals surface area contributed by atoms with E-state index >= 15 is 0 Å². The first-order valence-electron chi connectivity index (χ1n) is 10.0. The van der Waals surface area contributed by atoms with Gasteiger partial charge in [-0.1, -0.05) is 18.2 Å². The maximum absolute atomic E-state index is 12.4. The van der Waals surface area contributed by atoms with Crippen molar-refractivity contribution in [2.24, 2.45) is 0 Å². The Kier molecular flexibility index (Phi) is 7.13. The molecule has 3 rings (SSSR count). The van der Waals surface area contributed by atoms with Gasteiger partial charge in [-0.3, -0.25) is 14.5 Å². The van der Waals surface area contributed by atoms with Crippen LogP contribution in [0, 0.1) is 0 Å². The molecule has 0 saturated carbocycles. The molecule has 0 radical (unpaired) electrons. The summed E-state index contributed by atoms with van der Waals surface area (Å²) in [7, 11) is 1.88. The number of carboxylic acid groups (broad SMARTS) is 2. The van der Waals surface area contributed by atoms with Crippen LogP contribution < -0.4 is 16.8 Å². The summed E-state index contributed by atoms with van der Waals surface area (Å²) in [5.74, 6) is -2.81. The van der Waals surface area contributed by atoms with Gasteiger partial charge in [0.15, 0.2) is 17.0 Å². The van der Waals surface area contributed by atoms with Crippen LogP contribution in [-0.4, -0.2) is 72.0 Å². The van der Waals surface area contributed by atoms with Crippen LogP contribution in [0.25, 0.3) is 11.2 Å². The van der Waals surface area contributed by atoms with E-state index in [0.717, 1.165) is 0 Å². The van der Waals surface area contributed by atoms with Gasteiger partial charge in [0.25, 0.3) is 5.91 Å². The second-order valence-corrected chi connectivity index (χ2v) is 7.53. The zero-order valence-corrected chi connectivity index (χ0v) is 17.8. The Balaban J connectivity index is 1.60. The van der Waals surface area contributed by atoms with Gasteiger partial charge in [0.2, 0.25) is 5.95 Å². The van der Waals surface area contributed by atoms with E-state index in [-0.39, 0.29) is 30.6 Å². The van der Waals surface area contributed by atoms with E-state index in [1.54, 1.807) is 18.3 Å². The van der Waals surface area contributed by atoms with Crippen molar-refractivity contribution in [1.29, 1.82) is 0 Å². The predicted octanol–water partition coefficient (Wildman–Crippen LogP) is -0.295. The number of carbonyl (C=O) groups is 3. The Morgan fingerprint density at radius 2 is 2.00 bits per heavy atom. The van der Waals surface area contributed by atoms with E-state index in [9.17, 15) is 19.5 Å². The molecule has 13 heteroatoms. The number of aliphatic carboxylic acids is 2. The number of fused-ring (bicyclic) bond motifs is 1. The largest absolute Gasteiger partial charge is 0.481 e. The summed E-state index contributed by atoms with van der Waals surface area (Å²) in [5.41, 5.74) is 13.1. The molecule has 0 saturated heterocycles. The molecule has 1 aliphatic carbocycles. The highest BCUT2D eigenvalue weighted by atomic mass is 16.5. The Hall–Kier alpha value is -4.13. The number of rotatable bonds is 9. The maximum atomic E-state index is 12.4. The van der Waals surface area contributed by atoms with E-state index in [1.165, 1.54) is 0 Å². The lowest BCUT2D eigenvalue weighted by molar-refractivity contribution is -0.142. The first-order valence-corrected chi connectivity index (χ1v) is 10.0. The molecule has 1 amide bonds. The van der Waals surface area contributed by atoms with Gasteiger partial charge < -0.3 is 27.0 Å². The molecular weight excluding hydrogens is 443 g/mol. The number of nitrogens with one attached hydrogen (secondary N) is 1. The Bertz CT molecular complexity index is 1150. The van der Waals surface area contributed by atoms with Crippen LogP contribution in [0.2, 0.25) is 0 Å². The number of hydrogen-bond acceptors (Lipinski definition) is 10. The normalized spacial score (nSPS) is 16.4. The topological polar surface area (TPSA) is 211 Å². The minimum atomic E-state index is -1.28. The molecule has 1 aliphatic rings. The van der Waals surface area contributed by atoms with Crippen LogP contribution in [0.4, 0.5) is 11.8 Å². The Morgan fingerprint density at radius 3 is 2.64 bits per heavy atom. The minimum Gasteiger partial charge on any atom is -0.481 e. The molecule has 0 fully saturated rings. The summed E-state index contributed by atoms with van der Waals surface area (Å²) in [4.78, 5) is 53.0. The van der Waals surface area contributed by atoms with Crippen molar-refractivity contribution < 1.29 is 24.6 Å². The summed E-state index contributed by atoms with van der Waals surface area (Å²) in [6, 6.07) is -1.32. The molecule has 0 spiro atoms. The van der Waals surface area contributed by atoms with Gasteiger partial charge in [-0.25, -0.2) is 14.8 Å². The van der Waals surface area contributed by atoms with E-state index < -0.39 is 23.9 Å². The van der Waals surface area contributed by atoms with Crippen LogP contribution in [-0.2, 0) is 20.9 Å². The molecule has 0 aromatic carbocycles. The molecule has 2 heterocycles. The highest BCUT2D eigenvalue weighted by Crippen LogP contribution is 2.19. The van der Waals surface area contributed by atoms with Crippen LogP contribution >= 0.6 is 0 Å². The third kappa shape index (κ3) is 5.98. The lowest BCUT2D eigenvalue weighted by Crippen LogP contribution is -2.42. The van der Waals surface area contributed by atoms with Crippen molar-refractivity contribution in [3.63, 3.8) is 0 Å². The van der Waals surface area contributed by atoms with Crippen molar-refractivity contribution in [3.8, 4) is 0 Å². The highest BCUT2D eigenvalue weighted by molar-refractivity contribution is 5.98. The van der Waals surface area contributed by atoms with E-state index in [0.29, 0.717) is 35.4 Å². The van der Waals surface area contributed by atoms with Gasteiger partial charge in [-0.2, -0.15) is 9.97 Å². The molecule has 0 bridgehead atoms. The minimum absolute atomic E-state index is 0.0229. The molecule has 7 N–H and O–H groups in total. The molecule has 174 valence electrons. The van der Waals surface area contributed by atoms with Crippen molar-refractivity contribution in [2.75, 3.05) is 18.5 Å². The second kappa shape index (κ2) is 9.99. The Labute approximate surface area is 188 Å². The number of aromatic nitrogens is 4. The molecule has 2 aromatic rings. The molecule has 2 atom stereocenters. The summed E-state index contributed by atoms with van der Waals surface area (Å²) < 4.78 is 0. The average molecular weight is 467 g/mol. The van der Waals surface area contributed by atoms with Gasteiger partial charge in [0, 0.05) is 24.6 Å². The first-order chi connectivity index (χ1) is 15.6. The molecule has 33 heavy (non-hydrogen) atoms.